The second kappa shape index (κ2) is 7.20. The van der Waals surface area contributed by atoms with Gasteiger partial charge < -0.3 is 4.65 Å². The summed E-state index contributed by atoms with van der Waals surface area (Å²) in [6.45, 7) is 0. The van der Waals surface area contributed by atoms with E-state index in [0.29, 0.717) is 0 Å². The van der Waals surface area contributed by atoms with Crippen molar-refractivity contribution in [3.05, 3.63) is 0 Å². The number of rotatable bonds is 8. The van der Waals surface area contributed by atoms with Crippen LogP contribution in [0.25, 0.3) is 0 Å². The van der Waals surface area contributed by atoms with E-state index in [1.807, 2.05) is 0 Å². The summed E-state index contributed by atoms with van der Waals surface area (Å²) >= 11 is 0. The highest BCUT2D eigenvalue weighted by molar-refractivity contribution is 6.05. The van der Waals surface area contributed by atoms with E-state index in [2.05, 4.69) is 4.65 Å². The van der Waals surface area contributed by atoms with Gasteiger partial charge in [-0.1, -0.05) is 0 Å². The molecule has 20 heteroatoms. The molecule has 0 bridgehead atoms. The van der Waals surface area contributed by atoms with Crippen LogP contribution in [0.1, 0.15) is 6.42 Å². The molecule has 0 unspecified atom stereocenters. The maximum absolute atomic E-state index is 13.3. The Hall–Kier alpha value is -1.66. The molecule has 0 radical (unpaired) electrons. The van der Waals surface area contributed by atoms with Gasteiger partial charge in [-0.3, -0.25) is 4.79 Å². The fourth-order valence-corrected chi connectivity index (χ4v) is 1.56. The first kappa shape index (κ1) is 28.3. The van der Waals surface area contributed by atoms with E-state index in [0.717, 1.165) is 0 Å². The number of carbonyl (C=O) groups is 1. The minimum absolute atomic E-state index is 0.164. The van der Waals surface area contributed by atoms with E-state index < -0.39 is 60.0 Å². The Morgan fingerprint density at radius 3 is 1.07 bits per heavy atom. The van der Waals surface area contributed by atoms with Crippen LogP contribution in [0.5, 0.6) is 0 Å². The molecule has 2 nitrogen and oxygen atoms in total. The number of alkyl halides is 17. The smallest absolute Gasteiger partial charge is 0.460 e. The summed E-state index contributed by atoms with van der Waals surface area (Å²) in [4.78, 5) is 10.5. The normalized spacial score (nSPS) is 15.9. The molecule has 0 saturated heterocycles. The predicted octanol–water partition coefficient (Wildman–Crippen LogP) is 4.48. The van der Waals surface area contributed by atoms with Crippen molar-refractivity contribution < 1.29 is 84.1 Å². The van der Waals surface area contributed by atoms with Gasteiger partial charge in [-0.2, -0.15) is 74.6 Å². The summed E-state index contributed by atoms with van der Waals surface area (Å²) in [5.74, 6) is -59.7. The lowest BCUT2D eigenvalue weighted by Crippen LogP contribution is -2.74. The maximum Gasteiger partial charge on any atom is 0.460 e. The van der Waals surface area contributed by atoms with E-state index >= 15 is 0 Å². The summed E-state index contributed by atoms with van der Waals surface area (Å²) < 4.78 is 222. The zero-order chi connectivity index (χ0) is 25.0. The minimum atomic E-state index is -8.69. The maximum atomic E-state index is 13.3. The van der Waals surface area contributed by atoms with Gasteiger partial charge in [-0.05, 0) is 0 Å². The van der Waals surface area contributed by atoms with Crippen LogP contribution in [0.2, 0.25) is 0 Å². The highest BCUT2D eigenvalue weighted by Crippen LogP contribution is 2.64. The number of halogens is 17. The highest BCUT2D eigenvalue weighted by Gasteiger charge is 2.95. The minimum Gasteiger partial charge on any atom is -0.543 e. The third-order valence-corrected chi connectivity index (χ3v) is 3.38. The van der Waals surface area contributed by atoms with Gasteiger partial charge in [0.05, 0.1) is 0 Å². The van der Waals surface area contributed by atoms with E-state index in [1.54, 1.807) is 0 Å². The van der Waals surface area contributed by atoms with Crippen LogP contribution in [0.3, 0.4) is 0 Å². The van der Waals surface area contributed by atoms with Crippen LogP contribution < -0.4 is 0 Å². The summed E-state index contributed by atoms with van der Waals surface area (Å²) in [5, 5.41) is 0. The van der Waals surface area contributed by atoms with Gasteiger partial charge in [0.15, 0.2) is 0 Å². The van der Waals surface area contributed by atoms with Crippen molar-refractivity contribution >= 4 is 14.0 Å². The van der Waals surface area contributed by atoms with Gasteiger partial charge in [0.1, 0.15) is 6.42 Å². The van der Waals surface area contributed by atoms with E-state index in [4.69, 9.17) is 0 Å². The Balaban J connectivity index is 6.66. The molecule has 0 amide bonds. The van der Waals surface area contributed by atoms with Crippen molar-refractivity contribution in [2.75, 3.05) is 0 Å². The molecule has 0 fully saturated rings. The summed E-state index contributed by atoms with van der Waals surface area (Å²) in [6, 6.07) is 0. The van der Waals surface area contributed by atoms with E-state index in [-0.39, 0.29) is 8.05 Å². The summed E-state index contributed by atoms with van der Waals surface area (Å²) in [7, 11) is 0.164. The molecule has 30 heavy (non-hydrogen) atoms. The third-order valence-electron chi connectivity index (χ3n) is 3.38. The number of carbonyl (C=O) groups excluding carboxylic acids is 1. The van der Waals surface area contributed by atoms with Crippen molar-refractivity contribution in [2.45, 2.75) is 54.1 Å². The first-order valence-electron chi connectivity index (χ1n) is 6.49. The monoisotopic (exact) mass is 490 g/mol. The molecular weight excluding hydrogens is 486 g/mol. The molecule has 0 aliphatic carbocycles. The van der Waals surface area contributed by atoms with Crippen molar-refractivity contribution in [3.8, 4) is 0 Å². The largest absolute Gasteiger partial charge is 0.543 e. The van der Waals surface area contributed by atoms with Crippen LogP contribution in [0, 0.1) is 0 Å². The molecule has 0 aromatic heterocycles. The van der Waals surface area contributed by atoms with E-state index in [9.17, 15) is 79.4 Å². The average molecular weight is 490 g/mol. The molecule has 0 atom stereocenters. The molecule has 0 saturated carbocycles. The number of hydrogen-bond donors (Lipinski definition) is 0. The molecular formula is C10H4BF17O2. The summed E-state index contributed by atoms with van der Waals surface area (Å²) in [6.07, 6.45) is -11.0. The van der Waals surface area contributed by atoms with Gasteiger partial charge in [0.25, 0.3) is 5.97 Å². The Kier molecular flexibility index (Phi) is 6.80. The lowest BCUT2D eigenvalue weighted by molar-refractivity contribution is -0.461. The van der Waals surface area contributed by atoms with Gasteiger partial charge in [0, 0.05) is 0 Å². The molecule has 178 valence electrons. The molecule has 0 aromatic rings. The SMILES string of the molecule is BOC(=O)CC(F)(F)C(F)(F)C(F)(F)C(F)(F)C(F)(F)C(F)(F)C(F)(F)C(F)(F)F. The van der Waals surface area contributed by atoms with Crippen molar-refractivity contribution in [1.29, 1.82) is 0 Å². The Morgan fingerprint density at radius 2 is 0.800 bits per heavy atom. The fourth-order valence-electron chi connectivity index (χ4n) is 1.56. The molecule has 0 rings (SSSR count). The van der Waals surface area contributed by atoms with Gasteiger partial charge in [-0.15, -0.1) is 0 Å². The van der Waals surface area contributed by atoms with Gasteiger partial charge in [0.2, 0.25) is 0 Å². The Labute approximate surface area is 153 Å². The topological polar surface area (TPSA) is 26.3 Å². The summed E-state index contributed by atoms with van der Waals surface area (Å²) in [5.41, 5.74) is 0. The quantitative estimate of drug-likeness (QED) is 0.371. The molecule has 0 heterocycles. The lowest BCUT2D eigenvalue weighted by Gasteiger charge is -2.42. The van der Waals surface area contributed by atoms with Gasteiger partial charge >= 0.3 is 55.7 Å². The lowest BCUT2D eigenvalue weighted by atomic mass is 9.88. The Morgan fingerprint density at radius 1 is 0.533 bits per heavy atom. The number of hydrogen-bond acceptors (Lipinski definition) is 2. The standard InChI is InChI=1S/C10H4BF17O2/c11-30-2(29)1-3(12,13)4(14,15)5(16,17)6(18,19)7(20,21)8(22,23)9(24,25)10(26,27)28/h1,11H2. The van der Waals surface area contributed by atoms with Crippen molar-refractivity contribution in [3.63, 3.8) is 0 Å². The molecule has 0 spiro atoms. The zero-order valence-corrected chi connectivity index (χ0v) is 13.4. The third kappa shape index (κ3) is 3.62. The van der Waals surface area contributed by atoms with Crippen LogP contribution in [-0.4, -0.2) is 61.7 Å². The zero-order valence-electron chi connectivity index (χ0n) is 13.4. The second-order valence-electron chi connectivity index (χ2n) is 5.40. The molecule has 0 aliphatic rings. The molecule has 0 N–H and O–H groups in total. The van der Waals surface area contributed by atoms with Crippen LogP contribution >= 0.6 is 0 Å². The van der Waals surface area contributed by atoms with Crippen LogP contribution in [0.15, 0.2) is 0 Å². The van der Waals surface area contributed by atoms with Crippen LogP contribution in [0.4, 0.5) is 74.6 Å². The van der Waals surface area contributed by atoms with Gasteiger partial charge in [-0.25, -0.2) is 0 Å². The average Bonchev–Trinajstić information content (AvgIpc) is 2.51. The predicted molar refractivity (Wildman–Crippen MR) is 59.9 cm³/mol. The van der Waals surface area contributed by atoms with E-state index in [1.165, 1.54) is 0 Å². The second-order valence-corrected chi connectivity index (χ2v) is 5.40. The Bertz CT molecular complexity index is 651. The van der Waals surface area contributed by atoms with Crippen molar-refractivity contribution in [1.82, 2.24) is 0 Å². The van der Waals surface area contributed by atoms with Crippen molar-refractivity contribution in [2.24, 2.45) is 0 Å². The first-order chi connectivity index (χ1) is 12.7. The molecule has 0 aliphatic heterocycles. The first-order valence-corrected chi connectivity index (χ1v) is 6.49. The fraction of sp³-hybridized carbons (Fsp3) is 0.900. The van der Waals surface area contributed by atoms with Crippen LogP contribution in [-0.2, 0) is 9.45 Å². The highest BCUT2D eigenvalue weighted by atomic mass is 19.4. The molecule has 0 aromatic carbocycles.